The van der Waals surface area contributed by atoms with Gasteiger partial charge in [-0.2, -0.15) is 0 Å². The van der Waals surface area contributed by atoms with Crippen molar-refractivity contribution in [1.82, 2.24) is 4.57 Å². The van der Waals surface area contributed by atoms with Crippen LogP contribution >= 0.6 is 34.5 Å². The average molecular weight is 582 g/mol. The van der Waals surface area contributed by atoms with E-state index in [9.17, 15) is 9.59 Å². The van der Waals surface area contributed by atoms with Gasteiger partial charge < -0.3 is 9.15 Å². The van der Waals surface area contributed by atoms with Gasteiger partial charge in [0.05, 0.1) is 33.5 Å². The fourth-order valence-corrected chi connectivity index (χ4v) is 6.09. The lowest BCUT2D eigenvalue weighted by Crippen LogP contribution is -2.39. The molecule has 5 rings (SSSR count). The Hall–Kier alpha value is -3.39. The van der Waals surface area contributed by atoms with Crippen LogP contribution in [-0.4, -0.2) is 17.1 Å². The standard InChI is InChI=1S/C30H26Cl2N2O4S/c1-5-37-29(36)26-17(4)33-30-34(27(26)19-8-6-18(7-9-19)16(2)3)28(35)25(39-30)15-21-11-13-24(38-21)22-12-10-20(31)14-23(22)32/h6-16,27H,5H2,1-4H3. The molecule has 2 aromatic heterocycles. The molecule has 39 heavy (non-hydrogen) atoms. The van der Waals surface area contributed by atoms with Crippen molar-refractivity contribution in [2.24, 2.45) is 4.99 Å². The molecule has 0 aliphatic carbocycles. The van der Waals surface area contributed by atoms with Gasteiger partial charge in [0.15, 0.2) is 4.80 Å². The SMILES string of the molecule is CCOC(=O)C1=C(C)N=c2sc(=Cc3ccc(-c4ccc(Cl)cc4Cl)o3)c(=O)n2C1c1ccc(C(C)C)cc1. The summed E-state index contributed by atoms with van der Waals surface area (Å²) in [4.78, 5) is 32.0. The normalized spacial score (nSPS) is 15.5. The topological polar surface area (TPSA) is 73.8 Å². The number of nitrogens with zero attached hydrogens (tertiary/aromatic N) is 2. The highest BCUT2D eigenvalue weighted by Crippen LogP contribution is 2.33. The average Bonchev–Trinajstić information content (AvgIpc) is 3.47. The highest BCUT2D eigenvalue weighted by atomic mass is 35.5. The summed E-state index contributed by atoms with van der Waals surface area (Å²) in [6.45, 7) is 7.98. The molecular formula is C30H26Cl2N2O4S. The minimum atomic E-state index is -0.663. The largest absolute Gasteiger partial charge is 0.463 e. The van der Waals surface area contributed by atoms with Gasteiger partial charge in [0.25, 0.3) is 5.56 Å². The number of carbonyl (C=O) groups is 1. The van der Waals surface area contributed by atoms with Crippen molar-refractivity contribution in [1.29, 1.82) is 0 Å². The number of hydrogen-bond acceptors (Lipinski definition) is 6. The third-order valence-electron chi connectivity index (χ3n) is 6.53. The van der Waals surface area contributed by atoms with Gasteiger partial charge in [0, 0.05) is 16.7 Å². The first-order chi connectivity index (χ1) is 18.7. The molecule has 0 amide bonds. The number of esters is 1. The summed E-state index contributed by atoms with van der Waals surface area (Å²) in [7, 11) is 0. The summed E-state index contributed by atoms with van der Waals surface area (Å²) in [5.41, 5.74) is 3.28. The monoisotopic (exact) mass is 580 g/mol. The van der Waals surface area contributed by atoms with Gasteiger partial charge >= 0.3 is 5.97 Å². The Morgan fingerprint density at radius 2 is 1.90 bits per heavy atom. The predicted molar refractivity (Wildman–Crippen MR) is 155 cm³/mol. The number of rotatable bonds is 6. The highest BCUT2D eigenvalue weighted by molar-refractivity contribution is 7.07. The van der Waals surface area contributed by atoms with Crippen molar-refractivity contribution in [2.45, 2.75) is 39.7 Å². The van der Waals surface area contributed by atoms with Gasteiger partial charge in [0.1, 0.15) is 11.5 Å². The molecule has 0 saturated heterocycles. The van der Waals surface area contributed by atoms with E-state index >= 15 is 0 Å². The van der Waals surface area contributed by atoms with Crippen molar-refractivity contribution in [3.05, 3.63) is 112 Å². The number of carbonyl (C=O) groups excluding carboxylic acids is 1. The van der Waals surface area contributed by atoms with E-state index in [-0.39, 0.29) is 12.2 Å². The molecule has 0 spiro atoms. The third-order valence-corrected chi connectivity index (χ3v) is 8.06. The second-order valence-electron chi connectivity index (χ2n) is 9.45. The van der Waals surface area contributed by atoms with Crippen LogP contribution in [0, 0.1) is 0 Å². The third kappa shape index (κ3) is 5.26. The Kier molecular flexibility index (Phi) is 7.67. The lowest BCUT2D eigenvalue weighted by atomic mass is 9.93. The summed E-state index contributed by atoms with van der Waals surface area (Å²) in [5.74, 6) is 0.907. The number of halogens is 2. The second-order valence-corrected chi connectivity index (χ2v) is 11.3. The number of benzene rings is 2. The number of furan rings is 1. The highest BCUT2D eigenvalue weighted by Gasteiger charge is 2.33. The Labute approximate surface area is 239 Å². The molecule has 0 N–H and O–H groups in total. The van der Waals surface area contributed by atoms with Crippen LogP contribution in [0.3, 0.4) is 0 Å². The van der Waals surface area contributed by atoms with Crippen LogP contribution < -0.4 is 14.9 Å². The molecule has 0 saturated carbocycles. The number of ether oxygens (including phenoxy) is 1. The predicted octanol–water partition coefficient (Wildman–Crippen LogP) is 6.49. The van der Waals surface area contributed by atoms with Crippen LogP contribution in [0.1, 0.15) is 56.5 Å². The van der Waals surface area contributed by atoms with Crippen molar-refractivity contribution in [2.75, 3.05) is 6.61 Å². The van der Waals surface area contributed by atoms with Crippen LogP contribution in [0.2, 0.25) is 10.0 Å². The first-order valence-electron chi connectivity index (χ1n) is 12.5. The van der Waals surface area contributed by atoms with Crippen LogP contribution in [0.4, 0.5) is 0 Å². The Morgan fingerprint density at radius 3 is 2.56 bits per heavy atom. The Morgan fingerprint density at radius 1 is 1.15 bits per heavy atom. The molecular weight excluding hydrogens is 555 g/mol. The maximum Gasteiger partial charge on any atom is 0.338 e. The summed E-state index contributed by atoms with van der Waals surface area (Å²) < 4.78 is 13.4. The molecule has 1 aliphatic rings. The van der Waals surface area contributed by atoms with Gasteiger partial charge in [-0.3, -0.25) is 9.36 Å². The molecule has 1 aliphatic heterocycles. The van der Waals surface area contributed by atoms with Crippen molar-refractivity contribution in [3.8, 4) is 11.3 Å². The van der Waals surface area contributed by atoms with E-state index in [2.05, 4.69) is 18.8 Å². The molecule has 4 aromatic rings. The smallest absolute Gasteiger partial charge is 0.338 e. The molecule has 2 aromatic carbocycles. The molecule has 1 unspecified atom stereocenters. The van der Waals surface area contributed by atoms with Crippen LogP contribution in [-0.2, 0) is 9.53 Å². The van der Waals surface area contributed by atoms with Gasteiger partial charge in [-0.1, -0.05) is 72.7 Å². The van der Waals surface area contributed by atoms with Crippen molar-refractivity contribution in [3.63, 3.8) is 0 Å². The molecule has 9 heteroatoms. The lowest BCUT2D eigenvalue weighted by molar-refractivity contribution is -0.139. The van der Waals surface area contributed by atoms with E-state index in [0.717, 1.165) is 5.56 Å². The summed E-state index contributed by atoms with van der Waals surface area (Å²) in [6, 6.07) is 16.1. The fraction of sp³-hybridized carbons (Fsp3) is 0.233. The maximum atomic E-state index is 13.8. The van der Waals surface area contributed by atoms with Crippen LogP contribution in [0.15, 0.2) is 80.1 Å². The number of allylic oxidation sites excluding steroid dienone is 1. The minimum Gasteiger partial charge on any atom is -0.463 e. The van der Waals surface area contributed by atoms with Crippen molar-refractivity contribution < 1.29 is 13.9 Å². The zero-order valence-corrected chi connectivity index (χ0v) is 24.2. The summed E-state index contributed by atoms with van der Waals surface area (Å²) >= 11 is 13.6. The maximum absolute atomic E-state index is 13.8. The van der Waals surface area contributed by atoms with E-state index in [1.165, 1.54) is 16.9 Å². The zero-order valence-electron chi connectivity index (χ0n) is 21.8. The van der Waals surface area contributed by atoms with E-state index in [1.807, 2.05) is 24.3 Å². The van der Waals surface area contributed by atoms with Gasteiger partial charge in [0.2, 0.25) is 0 Å². The second kappa shape index (κ2) is 11.0. The molecule has 6 nitrogen and oxygen atoms in total. The fourth-order valence-electron chi connectivity index (χ4n) is 4.56. The molecule has 0 fully saturated rings. The van der Waals surface area contributed by atoms with Crippen LogP contribution in [0.25, 0.3) is 17.4 Å². The number of fused-ring (bicyclic) bond motifs is 1. The van der Waals surface area contributed by atoms with Crippen LogP contribution in [0.5, 0.6) is 0 Å². The molecule has 3 heterocycles. The summed E-state index contributed by atoms with van der Waals surface area (Å²) in [6.07, 6.45) is 1.68. The lowest BCUT2D eigenvalue weighted by Gasteiger charge is -2.25. The van der Waals surface area contributed by atoms with Crippen molar-refractivity contribution >= 4 is 46.6 Å². The zero-order chi connectivity index (χ0) is 27.8. The molecule has 0 radical (unpaired) electrons. The van der Waals surface area contributed by atoms with Gasteiger partial charge in [-0.25, -0.2) is 9.79 Å². The summed E-state index contributed by atoms with van der Waals surface area (Å²) in [5, 5.41) is 0.996. The quantitative estimate of drug-likeness (QED) is 0.244. The van der Waals surface area contributed by atoms with E-state index in [1.54, 1.807) is 54.8 Å². The van der Waals surface area contributed by atoms with E-state index in [4.69, 9.17) is 32.4 Å². The Balaban J connectivity index is 1.63. The van der Waals surface area contributed by atoms with E-state index in [0.29, 0.717) is 53.7 Å². The van der Waals surface area contributed by atoms with E-state index < -0.39 is 12.0 Å². The number of hydrogen-bond donors (Lipinski definition) is 0. The molecule has 200 valence electrons. The number of aromatic nitrogens is 1. The Bertz CT molecular complexity index is 1780. The molecule has 0 bridgehead atoms. The first kappa shape index (κ1) is 27.2. The number of thiazole rings is 1. The first-order valence-corrected chi connectivity index (χ1v) is 14.1. The minimum absolute atomic E-state index is 0.220. The van der Waals surface area contributed by atoms with Gasteiger partial charge in [-0.15, -0.1) is 0 Å². The van der Waals surface area contributed by atoms with Gasteiger partial charge in [-0.05, 0) is 61.2 Å². The molecule has 1 atom stereocenters.